The average Bonchev–Trinajstić information content (AvgIpc) is 3.45. The Balaban J connectivity index is 1.09. The van der Waals surface area contributed by atoms with E-state index < -0.39 is 0 Å². The second-order valence-corrected chi connectivity index (χ2v) is 14.4. The van der Waals surface area contributed by atoms with Gasteiger partial charge in [-0.2, -0.15) is 0 Å². The van der Waals surface area contributed by atoms with Gasteiger partial charge in [0.25, 0.3) is 0 Å². The molecule has 1 aliphatic rings. The summed E-state index contributed by atoms with van der Waals surface area (Å²) in [7, 11) is 0. The van der Waals surface area contributed by atoms with Gasteiger partial charge in [-0.3, -0.25) is 4.99 Å². The summed E-state index contributed by atoms with van der Waals surface area (Å²) in [5, 5.41) is 13.7. The molecule has 252 valence electrons. The van der Waals surface area contributed by atoms with Crippen LogP contribution < -0.4 is 0 Å². The Morgan fingerprint density at radius 1 is 0.509 bits per heavy atom. The molecule has 8 aromatic rings. The van der Waals surface area contributed by atoms with Crippen LogP contribution in [0.15, 0.2) is 187 Å². The van der Waals surface area contributed by atoms with Crippen LogP contribution in [-0.2, 0) is 5.41 Å². The van der Waals surface area contributed by atoms with Gasteiger partial charge in [-0.1, -0.05) is 178 Å². The van der Waals surface area contributed by atoms with Crippen molar-refractivity contribution >= 4 is 39.2 Å². The molecule has 0 atom stereocenters. The van der Waals surface area contributed by atoms with Crippen LogP contribution in [0, 0.1) is 5.41 Å². The monoisotopic (exact) mass is 678 g/mol. The Morgan fingerprint density at radius 2 is 1.15 bits per heavy atom. The minimum Gasteiger partial charge on any atom is -0.300 e. The number of nitrogens with zero attached hydrogens (tertiary/aromatic N) is 1. The lowest BCUT2D eigenvalue weighted by atomic mass is 9.82. The first-order valence-electron chi connectivity index (χ1n) is 18.2. The number of hydrogen-bond acceptors (Lipinski definition) is 2. The first-order chi connectivity index (χ1) is 26.0. The highest BCUT2D eigenvalue weighted by atomic mass is 14.7. The molecule has 0 unspecified atom stereocenters. The van der Waals surface area contributed by atoms with Crippen LogP contribution in [0.25, 0.3) is 60.6 Å². The standard InChI is InChI=1S/C51H38N2/c1-51(2)46-28-26-38(31-45(46)50-43-22-10-9-14-34(43)25-29-47(50)51)37-19-13-20-39(30-37)42-27-24-40(41-21-11-12-23-44(41)42)33-53-49(36-17-7-4-8-18-36)32-48(52)35-15-5-3-6-16-35/h3-33,52H,1-2H3/b49-32-,52-48?,53-33?. The van der Waals surface area contributed by atoms with E-state index in [0.29, 0.717) is 5.71 Å². The largest absolute Gasteiger partial charge is 0.300 e. The third-order valence-corrected chi connectivity index (χ3v) is 10.8. The summed E-state index contributed by atoms with van der Waals surface area (Å²) in [4.78, 5) is 5.00. The van der Waals surface area contributed by atoms with Gasteiger partial charge in [0.1, 0.15) is 0 Å². The van der Waals surface area contributed by atoms with E-state index >= 15 is 0 Å². The van der Waals surface area contributed by atoms with Crippen molar-refractivity contribution in [3.8, 4) is 33.4 Å². The average molecular weight is 679 g/mol. The Kier molecular flexibility index (Phi) is 8.01. The lowest BCUT2D eigenvalue weighted by Crippen LogP contribution is -2.14. The molecule has 0 heterocycles. The van der Waals surface area contributed by atoms with Crippen LogP contribution in [0.4, 0.5) is 0 Å². The Bertz CT molecular complexity index is 2750. The zero-order chi connectivity index (χ0) is 35.9. The lowest BCUT2D eigenvalue weighted by Gasteiger charge is -2.21. The molecule has 9 rings (SSSR count). The topological polar surface area (TPSA) is 36.2 Å². The highest BCUT2D eigenvalue weighted by Gasteiger charge is 2.36. The SMILES string of the molecule is CC1(C)c2ccc(-c3cccc(-c4ccc(C=N/C(=C\C(=N)c5ccccc5)c5ccccc5)c5ccccc45)c3)cc2-c2c1ccc1ccccc21. The Labute approximate surface area is 311 Å². The third kappa shape index (κ3) is 5.79. The molecule has 2 heteroatoms. The number of allylic oxidation sites excluding steroid dienone is 1. The number of fused-ring (bicyclic) bond motifs is 6. The fraction of sp³-hybridized carbons (Fsp3) is 0.0588. The fourth-order valence-corrected chi connectivity index (χ4v) is 8.04. The van der Waals surface area contributed by atoms with Gasteiger partial charge in [-0.05, 0) is 89.8 Å². The van der Waals surface area contributed by atoms with Gasteiger partial charge in [-0.25, -0.2) is 0 Å². The van der Waals surface area contributed by atoms with Crippen molar-refractivity contribution in [2.75, 3.05) is 0 Å². The molecule has 53 heavy (non-hydrogen) atoms. The molecule has 0 fully saturated rings. The Morgan fingerprint density at radius 3 is 1.94 bits per heavy atom. The van der Waals surface area contributed by atoms with Crippen LogP contribution in [-0.4, -0.2) is 11.9 Å². The van der Waals surface area contributed by atoms with Gasteiger partial charge in [0.2, 0.25) is 0 Å². The second-order valence-electron chi connectivity index (χ2n) is 14.4. The molecule has 0 radical (unpaired) electrons. The molecule has 0 spiro atoms. The van der Waals surface area contributed by atoms with Crippen molar-refractivity contribution in [2.45, 2.75) is 19.3 Å². The number of aliphatic imine (C=N–C) groups is 1. The van der Waals surface area contributed by atoms with Crippen LogP contribution in [0.3, 0.4) is 0 Å². The van der Waals surface area contributed by atoms with Crippen molar-refractivity contribution in [1.82, 2.24) is 0 Å². The van der Waals surface area contributed by atoms with E-state index in [4.69, 9.17) is 10.4 Å². The van der Waals surface area contributed by atoms with E-state index in [1.165, 1.54) is 60.7 Å². The summed E-state index contributed by atoms with van der Waals surface area (Å²) in [6.45, 7) is 4.70. The minimum atomic E-state index is -0.0552. The maximum Gasteiger partial charge on any atom is 0.0723 e. The minimum absolute atomic E-state index is 0.0552. The molecule has 0 aliphatic heterocycles. The summed E-state index contributed by atoms with van der Waals surface area (Å²) in [6, 6.07) is 62.2. The molecule has 1 aliphatic carbocycles. The molecule has 8 aromatic carbocycles. The number of nitrogens with one attached hydrogen (secondary N) is 1. The molecular formula is C51H38N2. The predicted molar refractivity (Wildman–Crippen MR) is 225 cm³/mol. The molecule has 0 aromatic heterocycles. The number of hydrogen-bond donors (Lipinski definition) is 1. The van der Waals surface area contributed by atoms with E-state index in [0.717, 1.165) is 27.8 Å². The second kappa shape index (κ2) is 13.2. The zero-order valence-corrected chi connectivity index (χ0v) is 29.8. The van der Waals surface area contributed by atoms with E-state index in [9.17, 15) is 0 Å². The first kappa shape index (κ1) is 32.3. The highest BCUT2D eigenvalue weighted by molar-refractivity contribution is 6.12. The predicted octanol–water partition coefficient (Wildman–Crippen LogP) is 13.2. The maximum absolute atomic E-state index is 8.79. The molecule has 2 nitrogen and oxygen atoms in total. The van der Waals surface area contributed by atoms with E-state index in [2.05, 4.69) is 129 Å². The van der Waals surface area contributed by atoms with Gasteiger partial charge >= 0.3 is 0 Å². The van der Waals surface area contributed by atoms with Crippen molar-refractivity contribution in [2.24, 2.45) is 4.99 Å². The van der Waals surface area contributed by atoms with Gasteiger partial charge < -0.3 is 5.41 Å². The zero-order valence-electron chi connectivity index (χ0n) is 29.8. The molecule has 1 N–H and O–H groups in total. The van der Waals surface area contributed by atoms with Crippen LogP contribution in [0.2, 0.25) is 0 Å². The number of benzene rings is 8. The van der Waals surface area contributed by atoms with Crippen LogP contribution in [0.1, 0.15) is 41.7 Å². The quantitative estimate of drug-likeness (QED) is 0.163. The van der Waals surface area contributed by atoms with Crippen molar-refractivity contribution < 1.29 is 0 Å². The van der Waals surface area contributed by atoms with Gasteiger partial charge in [0.05, 0.1) is 11.4 Å². The van der Waals surface area contributed by atoms with Crippen molar-refractivity contribution in [1.29, 1.82) is 5.41 Å². The molecule has 0 saturated carbocycles. The lowest BCUT2D eigenvalue weighted by molar-refractivity contribution is 0.661. The van der Waals surface area contributed by atoms with Gasteiger partial charge in [0, 0.05) is 22.8 Å². The first-order valence-corrected chi connectivity index (χ1v) is 18.2. The molecule has 0 amide bonds. The fourth-order valence-electron chi connectivity index (χ4n) is 8.04. The maximum atomic E-state index is 8.79. The van der Waals surface area contributed by atoms with Crippen LogP contribution >= 0.6 is 0 Å². The summed E-state index contributed by atoms with van der Waals surface area (Å²) in [5.41, 5.74) is 14.2. The van der Waals surface area contributed by atoms with Crippen molar-refractivity contribution in [3.05, 3.63) is 210 Å². The summed E-state index contributed by atoms with van der Waals surface area (Å²) in [5.74, 6) is 0. The summed E-state index contributed by atoms with van der Waals surface area (Å²) in [6.07, 6.45) is 3.79. The summed E-state index contributed by atoms with van der Waals surface area (Å²) < 4.78 is 0. The Hall–Kier alpha value is -6.64. The van der Waals surface area contributed by atoms with E-state index in [1.54, 1.807) is 0 Å². The normalized spacial score (nSPS) is 13.4. The summed E-state index contributed by atoms with van der Waals surface area (Å²) >= 11 is 0. The molecule has 0 bridgehead atoms. The third-order valence-electron chi connectivity index (χ3n) is 10.8. The number of rotatable bonds is 7. The molecular weight excluding hydrogens is 641 g/mol. The van der Waals surface area contributed by atoms with Crippen LogP contribution in [0.5, 0.6) is 0 Å². The van der Waals surface area contributed by atoms with Crippen molar-refractivity contribution in [3.63, 3.8) is 0 Å². The van der Waals surface area contributed by atoms with E-state index in [1.807, 2.05) is 73.0 Å². The van der Waals surface area contributed by atoms with Gasteiger partial charge in [0.15, 0.2) is 0 Å². The highest BCUT2D eigenvalue weighted by Crippen LogP contribution is 2.52. The van der Waals surface area contributed by atoms with Gasteiger partial charge in [-0.15, -0.1) is 0 Å². The van der Waals surface area contributed by atoms with E-state index in [-0.39, 0.29) is 5.41 Å². The smallest absolute Gasteiger partial charge is 0.0723 e. The molecule has 0 saturated heterocycles.